The van der Waals surface area contributed by atoms with Gasteiger partial charge in [0.25, 0.3) is 6.01 Å². The van der Waals surface area contributed by atoms with E-state index in [4.69, 9.17) is 4.42 Å². The summed E-state index contributed by atoms with van der Waals surface area (Å²) >= 11 is 0. The number of benzene rings is 1. The number of hydrogen-bond donors (Lipinski definition) is 1. The van der Waals surface area contributed by atoms with Crippen molar-refractivity contribution < 1.29 is 9.21 Å². The minimum atomic E-state index is 0. The molecule has 1 aromatic carbocycles. The number of piperidine rings is 1. The summed E-state index contributed by atoms with van der Waals surface area (Å²) in [6, 6.07) is 8.47. The van der Waals surface area contributed by atoms with Gasteiger partial charge in [0, 0.05) is 32.1 Å². The van der Waals surface area contributed by atoms with E-state index in [2.05, 4.69) is 15.2 Å². The molecular weight excluding hydrogens is 328 g/mol. The fraction of sp³-hybridized carbons (Fsp3) is 0.529. The molecule has 7 heteroatoms. The quantitative estimate of drug-likeness (QED) is 0.896. The summed E-state index contributed by atoms with van der Waals surface area (Å²) in [7, 11) is 0. The van der Waals surface area contributed by atoms with Crippen LogP contribution in [0.15, 0.2) is 28.7 Å². The van der Waals surface area contributed by atoms with Crippen molar-refractivity contribution in [2.45, 2.75) is 12.8 Å². The van der Waals surface area contributed by atoms with E-state index in [1.54, 1.807) is 0 Å². The minimum Gasteiger partial charge on any atom is -0.423 e. The summed E-state index contributed by atoms with van der Waals surface area (Å²) in [5.41, 5.74) is 1.70. The Morgan fingerprint density at radius 3 is 2.54 bits per heavy atom. The average Bonchev–Trinajstić information content (AvgIpc) is 3.06. The van der Waals surface area contributed by atoms with Gasteiger partial charge in [-0.15, -0.1) is 12.4 Å². The van der Waals surface area contributed by atoms with Gasteiger partial charge in [-0.3, -0.25) is 4.79 Å². The van der Waals surface area contributed by atoms with E-state index in [1.165, 1.54) is 0 Å². The summed E-state index contributed by atoms with van der Waals surface area (Å²) in [6.07, 6.45) is 1.92. The van der Waals surface area contributed by atoms with Crippen LogP contribution in [0.2, 0.25) is 0 Å². The second-order valence-electron chi connectivity index (χ2n) is 6.30. The second kappa shape index (κ2) is 7.40. The minimum absolute atomic E-state index is 0. The van der Waals surface area contributed by atoms with Gasteiger partial charge in [-0.2, -0.15) is 4.98 Å². The van der Waals surface area contributed by atoms with Crippen LogP contribution in [0.1, 0.15) is 12.8 Å². The number of fused-ring (bicyclic) bond motifs is 1. The van der Waals surface area contributed by atoms with Crippen molar-refractivity contribution in [2.24, 2.45) is 5.92 Å². The molecule has 24 heavy (non-hydrogen) atoms. The Kier molecular flexibility index (Phi) is 5.26. The lowest BCUT2D eigenvalue weighted by molar-refractivity contribution is -0.136. The Bertz CT molecular complexity index is 658. The number of hydrogen-bond acceptors (Lipinski definition) is 5. The predicted octanol–water partition coefficient (Wildman–Crippen LogP) is 1.90. The summed E-state index contributed by atoms with van der Waals surface area (Å²) in [5.74, 6) is 0.524. The lowest BCUT2D eigenvalue weighted by Gasteiger charge is -2.36. The maximum atomic E-state index is 12.6. The third-order valence-corrected chi connectivity index (χ3v) is 4.83. The number of para-hydroxylation sites is 2. The Balaban J connectivity index is 0.00000169. The van der Waals surface area contributed by atoms with Gasteiger partial charge < -0.3 is 19.5 Å². The van der Waals surface area contributed by atoms with E-state index >= 15 is 0 Å². The van der Waals surface area contributed by atoms with Crippen molar-refractivity contribution in [3.63, 3.8) is 0 Å². The molecule has 6 nitrogen and oxygen atoms in total. The van der Waals surface area contributed by atoms with E-state index in [-0.39, 0.29) is 18.3 Å². The Morgan fingerprint density at radius 1 is 1.12 bits per heavy atom. The number of halogens is 1. The van der Waals surface area contributed by atoms with E-state index in [1.807, 2.05) is 29.2 Å². The number of carbonyl (C=O) groups excluding carboxylic acids is 1. The van der Waals surface area contributed by atoms with Crippen LogP contribution in [0.25, 0.3) is 11.1 Å². The van der Waals surface area contributed by atoms with Gasteiger partial charge in [0.15, 0.2) is 5.58 Å². The van der Waals surface area contributed by atoms with Crippen LogP contribution in [0.4, 0.5) is 6.01 Å². The SMILES string of the molecule is Cl.O=C(C1CCNCC1)N1CCN(c2nc3ccccc3o2)CC1. The highest BCUT2D eigenvalue weighted by atomic mass is 35.5. The number of amides is 1. The first kappa shape index (κ1) is 17.0. The number of nitrogens with one attached hydrogen (secondary N) is 1. The zero-order valence-electron chi connectivity index (χ0n) is 13.6. The standard InChI is InChI=1S/C17H22N4O2.ClH/c22-16(13-5-7-18-8-6-13)20-9-11-21(12-10-20)17-19-14-3-1-2-4-15(14)23-17;/h1-4,13,18H,5-12H2;1H. The maximum Gasteiger partial charge on any atom is 0.298 e. The predicted molar refractivity (Wildman–Crippen MR) is 95.6 cm³/mol. The third kappa shape index (κ3) is 3.35. The van der Waals surface area contributed by atoms with Crippen molar-refractivity contribution in [2.75, 3.05) is 44.2 Å². The molecule has 1 amide bonds. The highest BCUT2D eigenvalue weighted by Gasteiger charge is 2.29. The number of carbonyl (C=O) groups is 1. The molecule has 130 valence electrons. The number of nitrogens with zero attached hydrogens (tertiary/aromatic N) is 3. The van der Waals surface area contributed by atoms with Crippen LogP contribution in [0.3, 0.4) is 0 Å². The number of piperazine rings is 1. The number of rotatable bonds is 2. The molecule has 2 saturated heterocycles. The van der Waals surface area contributed by atoms with Crippen molar-refractivity contribution in [3.8, 4) is 0 Å². The van der Waals surface area contributed by atoms with Crippen molar-refractivity contribution in [3.05, 3.63) is 24.3 Å². The molecule has 0 aliphatic carbocycles. The zero-order chi connectivity index (χ0) is 15.6. The van der Waals surface area contributed by atoms with Crippen LogP contribution in [0, 0.1) is 5.92 Å². The van der Waals surface area contributed by atoms with Gasteiger partial charge in [-0.1, -0.05) is 12.1 Å². The van der Waals surface area contributed by atoms with Gasteiger partial charge in [0.1, 0.15) is 5.52 Å². The van der Waals surface area contributed by atoms with Crippen LogP contribution in [-0.4, -0.2) is 55.1 Å². The Labute approximate surface area is 147 Å². The molecule has 0 spiro atoms. The third-order valence-electron chi connectivity index (χ3n) is 4.83. The molecule has 2 aliphatic heterocycles. The molecule has 3 heterocycles. The molecular formula is C17H23ClN4O2. The largest absolute Gasteiger partial charge is 0.423 e. The highest BCUT2D eigenvalue weighted by molar-refractivity contribution is 5.85. The zero-order valence-corrected chi connectivity index (χ0v) is 14.4. The van der Waals surface area contributed by atoms with Gasteiger partial charge in [-0.05, 0) is 38.1 Å². The molecule has 1 aromatic heterocycles. The molecule has 4 rings (SSSR count). The number of oxazole rings is 1. The maximum absolute atomic E-state index is 12.6. The smallest absolute Gasteiger partial charge is 0.298 e. The average molecular weight is 351 g/mol. The van der Waals surface area contributed by atoms with Gasteiger partial charge in [0.2, 0.25) is 5.91 Å². The Hall–Kier alpha value is -1.79. The molecule has 2 aliphatic rings. The lowest BCUT2D eigenvalue weighted by Crippen LogP contribution is -2.51. The molecule has 1 N–H and O–H groups in total. The number of anilines is 1. The van der Waals surface area contributed by atoms with Gasteiger partial charge in [-0.25, -0.2) is 0 Å². The topological polar surface area (TPSA) is 61.6 Å². The van der Waals surface area contributed by atoms with E-state index < -0.39 is 0 Å². The number of aromatic nitrogens is 1. The molecule has 0 bridgehead atoms. The lowest BCUT2D eigenvalue weighted by atomic mass is 9.96. The Morgan fingerprint density at radius 2 is 1.83 bits per heavy atom. The first-order valence-corrected chi connectivity index (χ1v) is 8.41. The second-order valence-corrected chi connectivity index (χ2v) is 6.30. The molecule has 0 radical (unpaired) electrons. The van der Waals surface area contributed by atoms with Crippen molar-refractivity contribution in [1.82, 2.24) is 15.2 Å². The fourth-order valence-electron chi connectivity index (χ4n) is 3.44. The van der Waals surface area contributed by atoms with E-state index in [0.717, 1.165) is 63.2 Å². The van der Waals surface area contributed by atoms with Crippen LogP contribution >= 0.6 is 12.4 Å². The first-order chi connectivity index (χ1) is 11.3. The van der Waals surface area contributed by atoms with Crippen LogP contribution in [-0.2, 0) is 4.79 Å². The van der Waals surface area contributed by atoms with Gasteiger partial charge >= 0.3 is 0 Å². The first-order valence-electron chi connectivity index (χ1n) is 8.41. The monoisotopic (exact) mass is 350 g/mol. The summed E-state index contributed by atoms with van der Waals surface area (Å²) in [4.78, 5) is 21.3. The molecule has 0 atom stereocenters. The molecule has 0 saturated carbocycles. The van der Waals surface area contributed by atoms with E-state index in [0.29, 0.717) is 11.9 Å². The van der Waals surface area contributed by atoms with Crippen molar-refractivity contribution in [1.29, 1.82) is 0 Å². The summed E-state index contributed by atoms with van der Waals surface area (Å²) in [6.45, 7) is 4.98. The van der Waals surface area contributed by atoms with E-state index in [9.17, 15) is 4.79 Å². The highest BCUT2D eigenvalue weighted by Crippen LogP contribution is 2.23. The van der Waals surface area contributed by atoms with Crippen LogP contribution < -0.4 is 10.2 Å². The van der Waals surface area contributed by atoms with Crippen LogP contribution in [0.5, 0.6) is 0 Å². The summed E-state index contributed by atoms with van der Waals surface area (Å²) in [5, 5.41) is 3.31. The van der Waals surface area contributed by atoms with Crippen molar-refractivity contribution >= 4 is 35.4 Å². The fourth-order valence-corrected chi connectivity index (χ4v) is 3.44. The summed E-state index contributed by atoms with van der Waals surface area (Å²) < 4.78 is 5.82. The molecule has 2 fully saturated rings. The molecule has 0 unspecified atom stereocenters. The van der Waals surface area contributed by atoms with Gasteiger partial charge in [0.05, 0.1) is 0 Å². The molecule has 2 aromatic rings. The normalized spacial score (nSPS) is 19.3.